The van der Waals surface area contributed by atoms with Crippen molar-refractivity contribution < 1.29 is 24.2 Å². The Morgan fingerprint density at radius 2 is 1.76 bits per heavy atom. The van der Waals surface area contributed by atoms with Crippen LogP contribution >= 0.6 is 0 Å². The molecule has 188 valence electrons. The number of aliphatic hydroxyl groups is 1. The van der Waals surface area contributed by atoms with E-state index in [1.54, 1.807) is 58.9 Å². The molecule has 0 bridgehead atoms. The van der Waals surface area contributed by atoms with Crippen molar-refractivity contribution in [3.05, 3.63) is 35.4 Å². The van der Waals surface area contributed by atoms with Crippen LogP contribution in [0.15, 0.2) is 24.3 Å². The highest BCUT2D eigenvalue weighted by molar-refractivity contribution is 5.93. The van der Waals surface area contributed by atoms with Crippen LogP contribution in [0.25, 0.3) is 0 Å². The van der Waals surface area contributed by atoms with Crippen molar-refractivity contribution in [1.29, 1.82) is 0 Å². The van der Waals surface area contributed by atoms with Crippen LogP contribution in [0, 0.1) is 12.3 Å². The number of amides is 3. The van der Waals surface area contributed by atoms with Crippen LogP contribution in [0.4, 0.5) is 4.79 Å². The van der Waals surface area contributed by atoms with E-state index >= 15 is 0 Å². The van der Waals surface area contributed by atoms with Gasteiger partial charge in [0.15, 0.2) is 0 Å². The van der Waals surface area contributed by atoms with Crippen molar-refractivity contribution in [1.82, 2.24) is 15.5 Å². The summed E-state index contributed by atoms with van der Waals surface area (Å²) in [6, 6.07) is 3.98. The molecular weight excluding hydrogens is 434 g/mol. The Balaban J connectivity index is 3.45. The standard InChI is InChI=1S/C26H39N3O5/c1-9-13-18(5)27-23(31)22(20-15-12-11-14-19(20)10-2)29(17(3)4)24(32)21(16-30)28-25(33)34-26(6,7)8/h2,11-12,14-15,17-18,21-22,30H,9,13,16H2,1,3-8H3,(H,27,31)(H,28,33). The van der Waals surface area contributed by atoms with Crippen LogP contribution in [0.5, 0.6) is 0 Å². The number of alkyl carbamates (subject to hydrolysis) is 1. The van der Waals surface area contributed by atoms with Crippen LogP contribution in [0.2, 0.25) is 0 Å². The molecule has 3 N–H and O–H groups in total. The summed E-state index contributed by atoms with van der Waals surface area (Å²) >= 11 is 0. The van der Waals surface area contributed by atoms with Gasteiger partial charge in [-0.15, -0.1) is 6.42 Å². The van der Waals surface area contributed by atoms with E-state index in [1.807, 2.05) is 13.8 Å². The number of ether oxygens (including phenoxy) is 1. The number of nitrogens with one attached hydrogen (secondary N) is 2. The minimum Gasteiger partial charge on any atom is -0.444 e. The van der Waals surface area contributed by atoms with Gasteiger partial charge in [0.05, 0.1) is 6.61 Å². The van der Waals surface area contributed by atoms with E-state index in [1.165, 1.54) is 4.90 Å². The summed E-state index contributed by atoms with van der Waals surface area (Å²) in [5.74, 6) is 1.57. The molecule has 34 heavy (non-hydrogen) atoms. The fourth-order valence-corrected chi connectivity index (χ4v) is 3.61. The molecule has 3 atom stereocenters. The number of rotatable bonds is 10. The first-order chi connectivity index (χ1) is 15.9. The molecule has 1 aromatic carbocycles. The van der Waals surface area contributed by atoms with Crippen molar-refractivity contribution >= 4 is 17.9 Å². The van der Waals surface area contributed by atoms with Crippen LogP contribution in [-0.4, -0.2) is 58.2 Å². The maximum Gasteiger partial charge on any atom is 0.408 e. The Kier molecular flexibility index (Phi) is 11.1. The maximum atomic E-state index is 13.6. The fourth-order valence-electron chi connectivity index (χ4n) is 3.61. The minimum absolute atomic E-state index is 0.115. The molecule has 0 aliphatic rings. The first-order valence-corrected chi connectivity index (χ1v) is 11.6. The monoisotopic (exact) mass is 473 g/mol. The zero-order valence-electron chi connectivity index (χ0n) is 21.3. The van der Waals surface area contributed by atoms with Gasteiger partial charge < -0.3 is 25.4 Å². The molecule has 8 heteroatoms. The van der Waals surface area contributed by atoms with E-state index < -0.39 is 42.3 Å². The van der Waals surface area contributed by atoms with Crippen LogP contribution in [0.3, 0.4) is 0 Å². The van der Waals surface area contributed by atoms with Gasteiger partial charge in [-0.25, -0.2) is 4.79 Å². The summed E-state index contributed by atoms with van der Waals surface area (Å²) in [6.07, 6.45) is 6.51. The number of hydrogen-bond donors (Lipinski definition) is 3. The smallest absolute Gasteiger partial charge is 0.408 e. The topological polar surface area (TPSA) is 108 Å². The molecule has 1 aromatic rings. The van der Waals surface area contributed by atoms with Crippen molar-refractivity contribution in [3.8, 4) is 12.3 Å². The van der Waals surface area contributed by atoms with E-state index in [0.29, 0.717) is 11.1 Å². The predicted octanol–water partition coefficient (Wildman–Crippen LogP) is 3.14. The highest BCUT2D eigenvalue weighted by Crippen LogP contribution is 2.28. The van der Waals surface area contributed by atoms with Gasteiger partial charge in [-0.3, -0.25) is 9.59 Å². The van der Waals surface area contributed by atoms with Crippen molar-refractivity contribution in [3.63, 3.8) is 0 Å². The Morgan fingerprint density at radius 3 is 2.26 bits per heavy atom. The maximum absolute atomic E-state index is 13.6. The van der Waals surface area contributed by atoms with E-state index in [2.05, 4.69) is 16.6 Å². The fraction of sp³-hybridized carbons (Fsp3) is 0.577. The number of terminal acetylenes is 1. The van der Waals surface area contributed by atoms with E-state index in [4.69, 9.17) is 11.2 Å². The molecule has 0 aromatic heterocycles. The summed E-state index contributed by atoms with van der Waals surface area (Å²) < 4.78 is 5.23. The summed E-state index contributed by atoms with van der Waals surface area (Å²) in [7, 11) is 0. The lowest BCUT2D eigenvalue weighted by Gasteiger charge is -2.37. The van der Waals surface area contributed by atoms with E-state index in [0.717, 1.165) is 12.8 Å². The van der Waals surface area contributed by atoms with Crippen LogP contribution in [-0.2, 0) is 14.3 Å². The number of carbonyl (C=O) groups is 3. The Labute approximate surface area is 203 Å². The largest absolute Gasteiger partial charge is 0.444 e. The van der Waals surface area contributed by atoms with Crippen molar-refractivity contribution in [2.45, 2.75) is 91.1 Å². The van der Waals surface area contributed by atoms with Gasteiger partial charge in [0, 0.05) is 17.6 Å². The molecule has 0 saturated carbocycles. The summed E-state index contributed by atoms with van der Waals surface area (Å²) in [6.45, 7) is 11.8. The molecule has 1 rings (SSSR count). The molecule has 0 heterocycles. The lowest BCUT2D eigenvalue weighted by atomic mass is 9.96. The first kappa shape index (κ1) is 29.0. The van der Waals surface area contributed by atoms with Gasteiger partial charge >= 0.3 is 6.09 Å². The third-order valence-corrected chi connectivity index (χ3v) is 5.03. The van der Waals surface area contributed by atoms with Crippen LogP contribution in [0.1, 0.15) is 78.5 Å². The normalized spacial score (nSPS) is 13.9. The molecule has 3 unspecified atom stereocenters. The lowest BCUT2D eigenvalue weighted by Crippen LogP contribution is -2.56. The van der Waals surface area contributed by atoms with Gasteiger partial charge in [0.2, 0.25) is 11.8 Å². The highest BCUT2D eigenvalue weighted by atomic mass is 16.6. The average Bonchev–Trinajstić information content (AvgIpc) is 2.73. The number of hydrogen-bond acceptors (Lipinski definition) is 5. The van der Waals surface area contributed by atoms with Crippen molar-refractivity contribution in [2.75, 3.05) is 6.61 Å². The second kappa shape index (κ2) is 13.0. The van der Waals surface area contributed by atoms with Gasteiger partial charge in [0.1, 0.15) is 17.7 Å². The zero-order valence-corrected chi connectivity index (χ0v) is 21.3. The molecule has 0 fully saturated rings. The van der Waals surface area contributed by atoms with Crippen LogP contribution < -0.4 is 10.6 Å². The minimum atomic E-state index is -1.31. The molecule has 0 aliphatic heterocycles. The van der Waals surface area contributed by atoms with Gasteiger partial charge in [-0.05, 0) is 59.6 Å². The molecular formula is C26H39N3O5. The molecule has 0 aliphatic carbocycles. The summed E-state index contributed by atoms with van der Waals surface area (Å²) in [5.41, 5.74) is 0.182. The molecule has 3 amide bonds. The number of aliphatic hydroxyl groups excluding tert-OH is 1. The van der Waals surface area contributed by atoms with Gasteiger partial charge in [-0.1, -0.05) is 37.5 Å². The molecule has 0 radical (unpaired) electrons. The Bertz CT molecular complexity index is 885. The lowest BCUT2D eigenvalue weighted by molar-refractivity contribution is -0.145. The van der Waals surface area contributed by atoms with Gasteiger partial charge in [-0.2, -0.15) is 0 Å². The van der Waals surface area contributed by atoms with Crippen molar-refractivity contribution in [2.24, 2.45) is 0 Å². The number of carbonyl (C=O) groups excluding carboxylic acids is 3. The molecule has 8 nitrogen and oxygen atoms in total. The highest BCUT2D eigenvalue weighted by Gasteiger charge is 2.38. The van der Waals surface area contributed by atoms with E-state index in [9.17, 15) is 19.5 Å². The second-order valence-corrected chi connectivity index (χ2v) is 9.55. The molecule has 0 spiro atoms. The third-order valence-electron chi connectivity index (χ3n) is 5.03. The third kappa shape index (κ3) is 8.38. The van der Waals surface area contributed by atoms with E-state index in [-0.39, 0.29) is 11.9 Å². The first-order valence-electron chi connectivity index (χ1n) is 11.6. The Morgan fingerprint density at radius 1 is 1.15 bits per heavy atom. The second-order valence-electron chi connectivity index (χ2n) is 9.55. The summed E-state index contributed by atoms with van der Waals surface area (Å²) in [5, 5.41) is 15.3. The number of benzene rings is 1. The SMILES string of the molecule is C#Cc1ccccc1C(C(=O)NC(C)CCC)N(C(=O)C(CO)NC(=O)OC(C)(C)C)C(C)C. The number of nitrogens with zero attached hydrogens (tertiary/aromatic N) is 1. The summed E-state index contributed by atoms with van der Waals surface area (Å²) in [4.78, 5) is 40.8. The van der Waals surface area contributed by atoms with Gasteiger partial charge in [0.25, 0.3) is 0 Å². The Hall–Kier alpha value is -3.05. The quantitative estimate of drug-likeness (QED) is 0.453. The predicted molar refractivity (Wildman–Crippen MR) is 132 cm³/mol. The molecule has 0 saturated heterocycles. The zero-order chi connectivity index (χ0) is 26.1. The average molecular weight is 474 g/mol.